The number of piperidine rings is 1. The number of carbonyl (C=O) groups is 2. The molecule has 0 spiro atoms. The third kappa shape index (κ3) is 3.59. The van der Waals surface area contributed by atoms with E-state index in [0.717, 1.165) is 32.4 Å². The predicted octanol–water partition coefficient (Wildman–Crippen LogP) is 2.78. The Balaban J connectivity index is 1.34. The molecular weight excluding hydrogens is 345 g/mol. The number of carbonyl (C=O) groups excluding carboxylic acids is 2. The number of halogens is 1. The van der Waals surface area contributed by atoms with Crippen molar-refractivity contribution in [3.05, 3.63) is 30.1 Å². The molecule has 1 aromatic rings. The highest BCUT2D eigenvalue weighted by Crippen LogP contribution is 2.45. The average Bonchev–Trinajstić information content (AvgIpc) is 3.13. The quantitative estimate of drug-likeness (QED) is 0.857. The lowest BCUT2D eigenvalue weighted by Gasteiger charge is -2.42. The largest absolute Gasteiger partial charge is 0.342 e. The second kappa shape index (κ2) is 7.58. The molecule has 27 heavy (non-hydrogen) atoms. The third-order valence-corrected chi connectivity index (χ3v) is 6.71. The van der Waals surface area contributed by atoms with Gasteiger partial charge in [0.25, 0.3) is 0 Å². The van der Waals surface area contributed by atoms with E-state index in [1.807, 2.05) is 4.90 Å². The van der Waals surface area contributed by atoms with Gasteiger partial charge < -0.3 is 15.5 Å². The molecule has 2 N–H and O–H groups in total. The van der Waals surface area contributed by atoms with Gasteiger partial charge in [-0.05, 0) is 56.3 Å². The molecule has 5 nitrogen and oxygen atoms in total. The summed E-state index contributed by atoms with van der Waals surface area (Å²) in [6.07, 6.45) is 5.83. The summed E-state index contributed by atoms with van der Waals surface area (Å²) in [6.45, 7) is 3.03. The van der Waals surface area contributed by atoms with Crippen LogP contribution in [-0.2, 0) is 9.59 Å². The smallest absolute Gasteiger partial charge is 0.230 e. The lowest BCUT2D eigenvalue weighted by Crippen LogP contribution is -2.52. The number of rotatable bonds is 3. The zero-order chi connectivity index (χ0) is 18.9. The fraction of sp³-hybridized carbons (Fsp3) is 0.619. The zero-order valence-electron chi connectivity index (χ0n) is 15.7. The van der Waals surface area contributed by atoms with E-state index in [-0.39, 0.29) is 23.1 Å². The Morgan fingerprint density at radius 2 is 2.00 bits per heavy atom. The van der Waals surface area contributed by atoms with Crippen LogP contribution in [0.1, 0.15) is 38.5 Å². The molecule has 1 aliphatic carbocycles. The van der Waals surface area contributed by atoms with Crippen LogP contribution < -0.4 is 10.6 Å². The second-order valence-electron chi connectivity index (χ2n) is 8.30. The highest BCUT2D eigenvalue weighted by Gasteiger charge is 2.51. The fourth-order valence-corrected chi connectivity index (χ4v) is 5.14. The minimum atomic E-state index is -0.361. The van der Waals surface area contributed by atoms with Crippen molar-refractivity contribution in [3.8, 4) is 0 Å². The van der Waals surface area contributed by atoms with Crippen molar-refractivity contribution in [2.24, 2.45) is 17.3 Å². The van der Waals surface area contributed by atoms with Crippen molar-refractivity contribution in [1.29, 1.82) is 0 Å². The summed E-state index contributed by atoms with van der Waals surface area (Å²) in [5, 5.41) is 6.24. The van der Waals surface area contributed by atoms with E-state index in [1.54, 1.807) is 12.1 Å². The molecule has 2 heterocycles. The predicted molar refractivity (Wildman–Crippen MR) is 102 cm³/mol. The van der Waals surface area contributed by atoms with Gasteiger partial charge in [0, 0.05) is 31.2 Å². The first-order valence-electron chi connectivity index (χ1n) is 10.1. The van der Waals surface area contributed by atoms with Crippen molar-refractivity contribution < 1.29 is 14.0 Å². The zero-order valence-corrected chi connectivity index (χ0v) is 15.7. The minimum absolute atomic E-state index is 0.0797. The van der Waals surface area contributed by atoms with Crippen LogP contribution >= 0.6 is 0 Å². The van der Waals surface area contributed by atoms with Gasteiger partial charge in [-0.15, -0.1) is 0 Å². The van der Waals surface area contributed by atoms with E-state index in [4.69, 9.17) is 0 Å². The molecule has 2 atom stereocenters. The average molecular weight is 373 g/mol. The summed E-state index contributed by atoms with van der Waals surface area (Å²) >= 11 is 0. The molecule has 3 aliphatic rings. The summed E-state index contributed by atoms with van der Waals surface area (Å²) in [5.74, 6) is 0.191. The van der Waals surface area contributed by atoms with Gasteiger partial charge in [0.2, 0.25) is 11.8 Å². The number of likely N-dealkylation sites (tertiary alicyclic amines) is 1. The molecule has 4 rings (SSSR count). The standard InChI is InChI=1S/C21H28FN3O2/c22-17-5-3-6-18(12-17)24-19(26)15-7-10-25(11-8-15)20(27)21-9-2-1-4-16(21)13-23-14-21/h3,5-6,12,15-16,23H,1-2,4,7-11,13-14H2,(H,24,26)/t16-,21+/m0/s1. The van der Waals surface area contributed by atoms with Crippen molar-refractivity contribution in [2.75, 3.05) is 31.5 Å². The fourth-order valence-electron chi connectivity index (χ4n) is 5.14. The Morgan fingerprint density at radius 3 is 2.78 bits per heavy atom. The van der Waals surface area contributed by atoms with Crippen LogP contribution in [0.4, 0.5) is 10.1 Å². The number of hydrogen-bond acceptors (Lipinski definition) is 3. The molecular formula is C21H28FN3O2. The van der Waals surface area contributed by atoms with Crippen LogP contribution in [0, 0.1) is 23.1 Å². The van der Waals surface area contributed by atoms with E-state index >= 15 is 0 Å². The summed E-state index contributed by atoms with van der Waals surface area (Å²) < 4.78 is 13.3. The normalized spacial score (nSPS) is 28.6. The molecule has 2 aliphatic heterocycles. The summed E-state index contributed by atoms with van der Waals surface area (Å²) in [7, 11) is 0. The molecule has 2 amide bonds. The molecule has 146 valence electrons. The van der Waals surface area contributed by atoms with E-state index in [1.165, 1.54) is 18.6 Å². The van der Waals surface area contributed by atoms with Gasteiger partial charge in [0.1, 0.15) is 5.82 Å². The van der Waals surface area contributed by atoms with Crippen LogP contribution in [0.25, 0.3) is 0 Å². The number of fused-ring (bicyclic) bond motifs is 1. The maximum atomic E-state index is 13.3. The molecule has 2 saturated heterocycles. The van der Waals surface area contributed by atoms with Gasteiger partial charge in [-0.2, -0.15) is 0 Å². The van der Waals surface area contributed by atoms with Crippen LogP contribution in [-0.4, -0.2) is 42.9 Å². The van der Waals surface area contributed by atoms with Gasteiger partial charge in [-0.3, -0.25) is 9.59 Å². The van der Waals surface area contributed by atoms with Gasteiger partial charge in [0.15, 0.2) is 0 Å². The second-order valence-corrected chi connectivity index (χ2v) is 8.30. The monoisotopic (exact) mass is 373 g/mol. The first-order chi connectivity index (χ1) is 13.1. The third-order valence-electron chi connectivity index (χ3n) is 6.71. The van der Waals surface area contributed by atoms with E-state index < -0.39 is 0 Å². The Morgan fingerprint density at radius 1 is 1.19 bits per heavy atom. The number of hydrogen-bond donors (Lipinski definition) is 2. The highest BCUT2D eigenvalue weighted by molar-refractivity contribution is 5.93. The van der Waals surface area contributed by atoms with Crippen LogP contribution in [0.15, 0.2) is 24.3 Å². The van der Waals surface area contributed by atoms with Crippen molar-refractivity contribution in [2.45, 2.75) is 38.5 Å². The van der Waals surface area contributed by atoms with E-state index in [9.17, 15) is 14.0 Å². The molecule has 0 bridgehead atoms. The summed E-state index contributed by atoms with van der Waals surface area (Å²) in [4.78, 5) is 27.8. The molecule has 0 unspecified atom stereocenters. The molecule has 1 aromatic carbocycles. The Bertz CT molecular complexity index is 717. The van der Waals surface area contributed by atoms with Gasteiger partial charge in [0.05, 0.1) is 5.41 Å². The Labute approximate surface area is 159 Å². The van der Waals surface area contributed by atoms with Crippen molar-refractivity contribution >= 4 is 17.5 Å². The van der Waals surface area contributed by atoms with Crippen LogP contribution in [0.2, 0.25) is 0 Å². The number of anilines is 1. The van der Waals surface area contributed by atoms with E-state index in [2.05, 4.69) is 10.6 Å². The summed E-state index contributed by atoms with van der Waals surface area (Å²) in [6, 6.07) is 5.96. The first-order valence-corrected chi connectivity index (χ1v) is 10.1. The minimum Gasteiger partial charge on any atom is -0.342 e. The lowest BCUT2D eigenvalue weighted by atomic mass is 9.67. The van der Waals surface area contributed by atoms with Gasteiger partial charge in [-0.1, -0.05) is 18.9 Å². The lowest BCUT2D eigenvalue weighted by molar-refractivity contribution is -0.147. The van der Waals surface area contributed by atoms with Gasteiger partial charge >= 0.3 is 0 Å². The van der Waals surface area contributed by atoms with E-state index in [0.29, 0.717) is 43.4 Å². The molecule has 0 aromatic heterocycles. The topological polar surface area (TPSA) is 61.4 Å². The maximum Gasteiger partial charge on any atom is 0.230 e. The Kier molecular flexibility index (Phi) is 5.17. The van der Waals surface area contributed by atoms with Crippen molar-refractivity contribution in [3.63, 3.8) is 0 Å². The van der Waals surface area contributed by atoms with Crippen LogP contribution in [0.3, 0.4) is 0 Å². The number of amides is 2. The first kappa shape index (κ1) is 18.4. The maximum absolute atomic E-state index is 13.3. The number of nitrogens with zero attached hydrogens (tertiary/aromatic N) is 1. The molecule has 6 heteroatoms. The number of nitrogens with one attached hydrogen (secondary N) is 2. The Hall–Kier alpha value is -1.95. The van der Waals surface area contributed by atoms with Crippen LogP contribution in [0.5, 0.6) is 0 Å². The SMILES string of the molecule is O=C(Nc1cccc(F)c1)C1CCN(C(=O)[C@@]23CCCC[C@H]2CNC3)CC1. The summed E-state index contributed by atoms with van der Waals surface area (Å²) in [5.41, 5.74) is 0.272. The highest BCUT2D eigenvalue weighted by atomic mass is 19.1. The molecule has 0 radical (unpaired) electrons. The molecule has 1 saturated carbocycles. The van der Waals surface area contributed by atoms with Gasteiger partial charge in [-0.25, -0.2) is 4.39 Å². The molecule has 3 fully saturated rings. The van der Waals surface area contributed by atoms with Crippen molar-refractivity contribution in [1.82, 2.24) is 10.2 Å². The number of benzene rings is 1.